The summed E-state index contributed by atoms with van der Waals surface area (Å²) in [5.74, 6) is -0.383. The van der Waals surface area contributed by atoms with Crippen molar-refractivity contribution in [2.75, 3.05) is 23.9 Å². The van der Waals surface area contributed by atoms with Crippen molar-refractivity contribution in [2.45, 2.75) is 19.4 Å². The summed E-state index contributed by atoms with van der Waals surface area (Å²) in [7, 11) is -3.33. The van der Waals surface area contributed by atoms with E-state index in [1.807, 2.05) is 0 Å². The molecule has 0 aliphatic carbocycles. The highest BCUT2D eigenvalue weighted by Crippen LogP contribution is 2.17. The maximum atomic E-state index is 11.2. The number of carbonyl (C=O) groups is 1. The van der Waals surface area contributed by atoms with E-state index in [4.69, 9.17) is 11.5 Å². The van der Waals surface area contributed by atoms with Crippen molar-refractivity contribution in [2.24, 2.45) is 5.73 Å². The summed E-state index contributed by atoms with van der Waals surface area (Å²) in [6.45, 7) is 3.64. The number of anilines is 2. The second-order valence-electron chi connectivity index (χ2n) is 5.11. The highest BCUT2D eigenvalue weighted by atomic mass is 32.2. The fourth-order valence-electron chi connectivity index (χ4n) is 1.59. The number of nitrogens with two attached hydrogens (primary N) is 2. The zero-order valence-corrected chi connectivity index (χ0v) is 12.4. The second kappa shape index (κ2) is 5.63. The SMILES string of the molecule is CC(C)(CNc1nc(C(N)=O)ccc1N)NS(C)(=O)=O. The summed E-state index contributed by atoms with van der Waals surface area (Å²) in [5.41, 5.74) is 10.5. The molecule has 0 atom stereocenters. The molecule has 0 spiro atoms. The number of hydrogen-bond acceptors (Lipinski definition) is 6. The van der Waals surface area contributed by atoms with E-state index in [1.54, 1.807) is 13.8 Å². The molecule has 1 rings (SSSR count). The Morgan fingerprint density at radius 1 is 1.40 bits per heavy atom. The van der Waals surface area contributed by atoms with Crippen LogP contribution in [0.4, 0.5) is 11.5 Å². The fraction of sp³-hybridized carbons (Fsp3) is 0.455. The molecule has 1 aromatic heterocycles. The molecule has 0 saturated heterocycles. The van der Waals surface area contributed by atoms with Crippen molar-refractivity contribution >= 4 is 27.4 Å². The van der Waals surface area contributed by atoms with Crippen LogP contribution < -0.4 is 21.5 Å². The minimum Gasteiger partial charge on any atom is -0.396 e. The molecule has 1 heterocycles. The van der Waals surface area contributed by atoms with E-state index in [9.17, 15) is 13.2 Å². The lowest BCUT2D eigenvalue weighted by Gasteiger charge is -2.25. The Labute approximate surface area is 118 Å². The third-order valence-electron chi connectivity index (χ3n) is 2.34. The molecule has 0 unspecified atom stereocenters. The maximum Gasteiger partial charge on any atom is 0.267 e. The van der Waals surface area contributed by atoms with Gasteiger partial charge in [0.2, 0.25) is 10.0 Å². The van der Waals surface area contributed by atoms with Crippen molar-refractivity contribution in [1.82, 2.24) is 9.71 Å². The summed E-state index contributed by atoms with van der Waals surface area (Å²) in [4.78, 5) is 15.0. The molecule has 6 N–H and O–H groups in total. The zero-order chi connectivity index (χ0) is 15.6. The number of nitrogens with one attached hydrogen (secondary N) is 2. The van der Waals surface area contributed by atoms with Crippen LogP contribution in [0.25, 0.3) is 0 Å². The zero-order valence-electron chi connectivity index (χ0n) is 11.6. The number of rotatable bonds is 6. The third-order valence-corrected chi connectivity index (χ3v) is 3.26. The fourth-order valence-corrected chi connectivity index (χ4v) is 2.67. The number of nitrogen functional groups attached to an aromatic ring is 1. The molecule has 112 valence electrons. The number of carbonyl (C=O) groups excluding carboxylic acids is 1. The predicted molar refractivity (Wildman–Crippen MR) is 77.7 cm³/mol. The molecule has 0 aliphatic rings. The molecule has 0 radical (unpaired) electrons. The molecule has 1 aromatic rings. The average molecular weight is 301 g/mol. The van der Waals surface area contributed by atoms with Gasteiger partial charge in [0.15, 0.2) is 0 Å². The number of amides is 1. The number of primary amides is 1. The van der Waals surface area contributed by atoms with Crippen LogP contribution in [0, 0.1) is 0 Å². The van der Waals surface area contributed by atoms with Gasteiger partial charge in [0.05, 0.1) is 11.9 Å². The lowest BCUT2D eigenvalue weighted by atomic mass is 10.1. The average Bonchev–Trinajstić information content (AvgIpc) is 2.24. The Hall–Kier alpha value is -1.87. The first kappa shape index (κ1) is 16.2. The molecule has 0 fully saturated rings. The monoisotopic (exact) mass is 301 g/mol. The van der Waals surface area contributed by atoms with E-state index in [2.05, 4.69) is 15.0 Å². The molecular weight excluding hydrogens is 282 g/mol. The van der Waals surface area contributed by atoms with Crippen LogP contribution in [0.15, 0.2) is 12.1 Å². The summed E-state index contributed by atoms with van der Waals surface area (Å²) in [6, 6.07) is 2.93. The molecule has 0 aromatic carbocycles. The van der Waals surface area contributed by atoms with Gasteiger partial charge < -0.3 is 16.8 Å². The van der Waals surface area contributed by atoms with Gasteiger partial charge in [0.25, 0.3) is 5.91 Å². The highest BCUT2D eigenvalue weighted by molar-refractivity contribution is 7.88. The molecule has 0 saturated carbocycles. The van der Waals surface area contributed by atoms with Crippen molar-refractivity contribution < 1.29 is 13.2 Å². The Morgan fingerprint density at radius 2 is 2.00 bits per heavy atom. The molecular formula is C11H19N5O3S. The van der Waals surface area contributed by atoms with E-state index >= 15 is 0 Å². The Balaban J connectivity index is 2.84. The number of nitrogens with zero attached hydrogens (tertiary/aromatic N) is 1. The van der Waals surface area contributed by atoms with Crippen LogP contribution in [0.3, 0.4) is 0 Å². The van der Waals surface area contributed by atoms with E-state index in [1.165, 1.54) is 12.1 Å². The molecule has 9 heteroatoms. The van der Waals surface area contributed by atoms with Gasteiger partial charge in [0, 0.05) is 12.1 Å². The van der Waals surface area contributed by atoms with Crippen molar-refractivity contribution in [3.05, 3.63) is 17.8 Å². The molecule has 0 bridgehead atoms. The van der Waals surface area contributed by atoms with Crippen LogP contribution in [0.1, 0.15) is 24.3 Å². The summed E-state index contributed by atoms with van der Waals surface area (Å²) in [6.07, 6.45) is 1.08. The summed E-state index contributed by atoms with van der Waals surface area (Å²) < 4.78 is 24.9. The molecule has 20 heavy (non-hydrogen) atoms. The quantitative estimate of drug-likeness (QED) is 0.558. The topological polar surface area (TPSA) is 140 Å². The van der Waals surface area contributed by atoms with Gasteiger partial charge in [-0.15, -0.1) is 0 Å². The third kappa shape index (κ3) is 5.02. The first-order valence-electron chi connectivity index (χ1n) is 5.79. The van der Waals surface area contributed by atoms with E-state index in [-0.39, 0.29) is 18.1 Å². The first-order chi connectivity index (χ1) is 9.00. The van der Waals surface area contributed by atoms with Crippen LogP contribution in [0.5, 0.6) is 0 Å². The Morgan fingerprint density at radius 3 is 2.50 bits per heavy atom. The van der Waals surface area contributed by atoms with Gasteiger partial charge in [-0.05, 0) is 26.0 Å². The second-order valence-corrected chi connectivity index (χ2v) is 6.86. The smallest absolute Gasteiger partial charge is 0.267 e. The van der Waals surface area contributed by atoms with Gasteiger partial charge in [-0.1, -0.05) is 0 Å². The van der Waals surface area contributed by atoms with Crippen molar-refractivity contribution in [3.63, 3.8) is 0 Å². The Bertz CT molecular complexity index is 612. The number of sulfonamides is 1. The molecule has 8 nitrogen and oxygen atoms in total. The summed E-state index contributed by atoms with van der Waals surface area (Å²) in [5, 5.41) is 2.90. The number of hydrogen-bond donors (Lipinski definition) is 4. The Kier molecular flexibility index (Phi) is 4.56. The highest BCUT2D eigenvalue weighted by Gasteiger charge is 2.22. The number of aromatic nitrogens is 1. The van der Waals surface area contributed by atoms with Gasteiger partial charge in [-0.2, -0.15) is 0 Å². The van der Waals surface area contributed by atoms with Crippen molar-refractivity contribution in [3.8, 4) is 0 Å². The van der Waals surface area contributed by atoms with E-state index < -0.39 is 21.5 Å². The number of pyridine rings is 1. The normalized spacial score (nSPS) is 12.2. The van der Waals surface area contributed by atoms with Crippen LogP contribution >= 0.6 is 0 Å². The summed E-state index contributed by atoms with van der Waals surface area (Å²) >= 11 is 0. The van der Waals surface area contributed by atoms with Crippen LogP contribution in [-0.2, 0) is 10.0 Å². The van der Waals surface area contributed by atoms with Gasteiger partial charge in [-0.25, -0.2) is 18.1 Å². The van der Waals surface area contributed by atoms with Gasteiger partial charge in [-0.3, -0.25) is 4.79 Å². The standard InChI is InChI=1S/C11H19N5O3S/c1-11(2,16-20(3,18)19)6-14-10-7(12)4-5-8(15-10)9(13)17/h4-5,16H,6,12H2,1-3H3,(H2,13,17)(H,14,15). The minimum absolute atomic E-state index is 0.0792. The van der Waals surface area contributed by atoms with Gasteiger partial charge in [0.1, 0.15) is 11.5 Å². The largest absolute Gasteiger partial charge is 0.396 e. The molecule has 0 aliphatic heterocycles. The molecule has 1 amide bonds. The predicted octanol–water partition coefficient (Wildman–Crippen LogP) is -0.498. The van der Waals surface area contributed by atoms with Crippen LogP contribution in [-0.4, -0.2) is 37.6 Å². The first-order valence-corrected chi connectivity index (χ1v) is 7.68. The maximum absolute atomic E-state index is 11.2. The minimum atomic E-state index is -3.33. The van der Waals surface area contributed by atoms with Gasteiger partial charge >= 0.3 is 0 Å². The van der Waals surface area contributed by atoms with E-state index in [0.29, 0.717) is 5.69 Å². The lowest BCUT2D eigenvalue weighted by molar-refractivity contribution is 0.0995. The van der Waals surface area contributed by atoms with E-state index in [0.717, 1.165) is 6.26 Å². The lowest BCUT2D eigenvalue weighted by Crippen LogP contribution is -2.47. The van der Waals surface area contributed by atoms with Crippen molar-refractivity contribution in [1.29, 1.82) is 0 Å². The van der Waals surface area contributed by atoms with Crippen LogP contribution in [0.2, 0.25) is 0 Å².